The molecule has 0 heterocycles. The van der Waals surface area contributed by atoms with Crippen LogP contribution >= 0.6 is 0 Å². The van der Waals surface area contributed by atoms with Gasteiger partial charge in [-0.05, 0) is 43.0 Å². The maximum atomic E-state index is 12.5. The maximum Gasteiger partial charge on any atom is 0.337 e. The molecule has 1 fully saturated rings. The van der Waals surface area contributed by atoms with E-state index >= 15 is 0 Å². The highest BCUT2D eigenvalue weighted by Gasteiger charge is 2.28. The fourth-order valence-corrected chi connectivity index (χ4v) is 3.09. The highest BCUT2D eigenvalue weighted by molar-refractivity contribution is 5.96. The second-order valence-corrected chi connectivity index (χ2v) is 5.81. The van der Waals surface area contributed by atoms with E-state index in [1.807, 2.05) is 11.9 Å². The molecular weight excluding hydrogens is 266 g/mol. The SMILES string of the molecule is COC(=O)c1ccc(C(=O)N(C)C2CCCCC2C)cc1. The van der Waals surface area contributed by atoms with Gasteiger partial charge in [0.2, 0.25) is 0 Å². The van der Waals surface area contributed by atoms with E-state index in [0.29, 0.717) is 23.1 Å². The normalized spacial score (nSPS) is 21.7. The molecule has 0 aliphatic heterocycles. The summed E-state index contributed by atoms with van der Waals surface area (Å²) in [7, 11) is 3.22. The number of nitrogens with zero attached hydrogens (tertiary/aromatic N) is 1. The molecule has 114 valence electrons. The molecule has 0 saturated heterocycles. The van der Waals surface area contributed by atoms with Crippen LogP contribution in [0.5, 0.6) is 0 Å². The van der Waals surface area contributed by atoms with Gasteiger partial charge in [-0.25, -0.2) is 4.79 Å². The van der Waals surface area contributed by atoms with Crippen molar-refractivity contribution in [1.29, 1.82) is 0 Å². The summed E-state index contributed by atoms with van der Waals surface area (Å²) in [6.45, 7) is 2.22. The lowest BCUT2D eigenvalue weighted by Gasteiger charge is -2.36. The molecule has 21 heavy (non-hydrogen) atoms. The second kappa shape index (κ2) is 6.74. The number of rotatable bonds is 3. The predicted molar refractivity (Wildman–Crippen MR) is 81.3 cm³/mol. The van der Waals surface area contributed by atoms with E-state index in [-0.39, 0.29) is 11.9 Å². The second-order valence-electron chi connectivity index (χ2n) is 5.81. The van der Waals surface area contributed by atoms with Gasteiger partial charge in [0.1, 0.15) is 0 Å². The van der Waals surface area contributed by atoms with Gasteiger partial charge in [-0.1, -0.05) is 19.8 Å². The third-order valence-corrected chi connectivity index (χ3v) is 4.44. The average molecular weight is 289 g/mol. The quantitative estimate of drug-likeness (QED) is 0.803. The summed E-state index contributed by atoms with van der Waals surface area (Å²) in [5, 5.41) is 0. The molecule has 0 radical (unpaired) electrons. The van der Waals surface area contributed by atoms with Crippen LogP contribution in [0.1, 0.15) is 53.3 Å². The number of hydrogen-bond donors (Lipinski definition) is 0. The van der Waals surface area contributed by atoms with Crippen LogP contribution in [0.4, 0.5) is 0 Å². The van der Waals surface area contributed by atoms with Crippen molar-refractivity contribution in [3.8, 4) is 0 Å². The summed E-state index contributed by atoms with van der Waals surface area (Å²) in [5.74, 6) is 0.176. The number of benzene rings is 1. The molecule has 1 aromatic carbocycles. The lowest BCUT2D eigenvalue weighted by atomic mass is 9.85. The molecule has 2 rings (SSSR count). The zero-order valence-electron chi connectivity index (χ0n) is 13.0. The summed E-state index contributed by atoms with van der Waals surface area (Å²) >= 11 is 0. The third kappa shape index (κ3) is 3.43. The number of ether oxygens (including phenoxy) is 1. The Bertz CT molecular complexity index is 509. The van der Waals surface area contributed by atoms with Crippen LogP contribution in [-0.2, 0) is 4.74 Å². The summed E-state index contributed by atoms with van der Waals surface area (Å²) in [6.07, 6.45) is 4.70. The first-order valence-electron chi connectivity index (χ1n) is 7.50. The molecule has 2 unspecified atom stereocenters. The number of carbonyl (C=O) groups excluding carboxylic acids is 2. The predicted octanol–water partition coefficient (Wildman–Crippen LogP) is 3.12. The molecule has 1 amide bonds. The molecule has 1 aliphatic rings. The zero-order chi connectivity index (χ0) is 15.4. The van der Waals surface area contributed by atoms with Crippen LogP contribution < -0.4 is 0 Å². The van der Waals surface area contributed by atoms with E-state index in [1.165, 1.54) is 26.4 Å². The van der Waals surface area contributed by atoms with Crippen LogP contribution in [0.15, 0.2) is 24.3 Å². The monoisotopic (exact) mass is 289 g/mol. The van der Waals surface area contributed by atoms with E-state index < -0.39 is 0 Å². The Morgan fingerprint density at radius 2 is 1.67 bits per heavy atom. The molecule has 0 aromatic heterocycles. The lowest BCUT2D eigenvalue weighted by Crippen LogP contribution is -2.42. The highest BCUT2D eigenvalue weighted by Crippen LogP contribution is 2.28. The number of amides is 1. The van der Waals surface area contributed by atoms with Gasteiger partial charge in [-0.2, -0.15) is 0 Å². The Labute approximate surface area is 126 Å². The molecule has 4 heteroatoms. The highest BCUT2D eigenvalue weighted by atomic mass is 16.5. The number of carbonyl (C=O) groups is 2. The van der Waals surface area contributed by atoms with E-state index in [9.17, 15) is 9.59 Å². The van der Waals surface area contributed by atoms with E-state index in [2.05, 4.69) is 11.7 Å². The van der Waals surface area contributed by atoms with Gasteiger partial charge >= 0.3 is 5.97 Å². The van der Waals surface area contributed by atoms with Gasteiger partial charge in [0.25, 0.3) is 5.91 Å². The summed E-state index contributed by atoms with van der Waals surface area (Å²) in [6, 6.07) is 6.97. The minimum absolute atomic E-state index is 0.0187. The van der Waals surface area contributed by atoms with Crippen LogP contribution in [0, 0.1) is 5.92 Å². The molecule has 4 nitrogen and oxygen atoms in total. The van der Waals surface area contributed by atoms with Gasteiger partial charge in [-0.15, -0.1) is 0 Å². The Morgan fingerprint density at radius 3 is 2.24 bits per heavy atom. The van der Waals surface area contributed by atoms with Crippen LogP contribution in [0.25, 0.3) is 0 Å². The van der Waals surface area contributed by atoms with Gasteiger partial charge in [-0.3, -0.25) is 4.79 Å². The summed E-state index contributed by atoms with van der Waals surface area (Å²) < 4.78 is 4.66. The Balaban J connectivity index is 2.10. The molecule has 1 aliphatic carbocycles. The molecule has 0 spiro atoms. The Hall–Kier alpha value is -1.84. The van der Waals surface area contributed by atoms with Crippen LogP contribution in [-0.4, -0.2) is 37.0 Å². The van der Waals surface area contributed by atoms with E-state index in [4.69, 9.17) is 0 Å². The number of esters is 1. The lowest BCUT2D eigenvalue weighted by molar-refractivity contribution is 0.0596. The molecule has 1 saturated carbocycles. The van der Waals surface area contributed by atoms with Crippen LogP contribution in [0.3, 0.4) is 0 Å². The fourth-order valence-electron chi connectivity index (χ4n) is 3.09. The van der Waals surface area contributed by atoms with Crippen molar-refractivity contribution >= 4 is 11.9 Å². The minimum atomic E-state index is -0.386. The first-order valence-corrected chi connectivity index (χ1v) is 7.50. The van der Waals surface area contributed by atoms with E-state index in [0.717, 1.165) is 6.42 Å². The van der Waals surface area contributed by atoms with Crippen molar-refractivity contribution in [1.82, 2.24) is 4.90 Å². The molecule has 1 aromatic rings. The van der Waals surface area contributed by atoms with Gasteiger partial charge in [0, 0.05) is 18.7 Å². The van der Waals surface area contributed by atoms with Gasteiger partial charge in [0.15, 0.2) is 0 Å². The van der Waals surface area contributed by atoms with Crippen molar-refractivity contribution in [2.24, 2.45) is 5.92 Å². The van der Waals surface area contributed by atoms with E-state index in [1.54, 1.807) is 24.3 Å². The first-order chi connectivity index (χ1) is 10.0. The summed E-state index contributed by atoms with van der Waals surface area (Å²) in [4.78, 5) is 25.8. The molecule has 0 bridgehead atoms. The largest absolute Gasteiger partial charge is 0.465 e. The topological polar surface area (TPSA) is 46.6 Å². The Morgan fingerprint density at radius 1 is 1.10 bits per heavy atom. The summed E-state index contributed by atoms with van der Waals surface area (Å²) in [5.41, 5.74) is 1.07. The maximum absolute atomic E-state index is 12.5. The first kappa shape index (κ1) is 15.5. The fraction of sp³-hybridized carbons (Fsp3) is 0.529. The van der Waals surface area contributed by atoms with Crippen molar-refractivity contribution in [3.05, 3.63) is 35.4 Å². The Kier molecular flexibility index (Phi) is 4.99. The van der Waals surface area contributed by atoms with Crippen LogP contribution in [0.2, 0.25) is 0 Å². The van der Waals surface area contributed by atoms with Gasteiger partial charge in [0.05, 0.1) is 12.7 Å². The zero-order valence-corrected chi connectivity index (χ0v) is 13.0. The number of methoxy groups -OCH3 is 1. The van der Waals surface area contributed by atoms with Crippen molar-refractivity contribution < 1.29 is 14.3 Å². The molecular formula is C17H23NO3. The standard InChI is InChI=1S/C17H23NO3/c1-12-6-4-5-7-15(12)18(2)16(19)13-8-10-14(11-9-13)17(20)21-3/h8-12,15H,4-7H2,1-3H3. The van der Waals surface area contributed by atoms with Crippen molar-refractivity contribution in [2.45, 2.75) is 38.6 Å². The minimum Gasteiger partial charge on any atom is -0.465 e. The molecule has 2 atom stereocenters. The smallest absolute Gasteiger partial charge is 0.337 e. The number of hydrogen-bond acceptors (Lipinski definition) is 3. The van der Waals surface area contributed by atoms with Crippen molar-refractivity contribution in [3.63, 3.8) is 0 Å². The van der Waals surface area contributed by atoms with Gasteiger partial charge < -0.3 is 9.64 Å². The molecule has 0 N–H and O–H groups in total. The average Bonchev–Trinajstić information content (AvgIpc) is 2.53. The van der Waals surface area contributed by atoms with Crippen molar-refractivity contribution in [2.75, 3.05) is 14.2 Å². The third-order valence-electron chi connectivity index (χ3n) is 4.44.